The highest BCUT2D eigenvalue weighted by Crippen LogP contribution is 2.36. The Hall–Kier alpha value is -0.0800. The number of ether oxygens (including phenoxy) is 1. The van der Waals surface area contributed by atoms with Gasteiger partial charge in [-0.2, -0.15) is 0 Å². The SMILES string of the molecule is CC1CCC(C2COCCC2O)CC1. The minimum Gasteiger partial charge on any atom is -0.393 e. The lowest BCUT2D eigenvalue weighted by atomic mass is 9.74. The van der Waals surface area contributed by atoms with Crippen molar-refractivity contribution in [1.82, 2.24) is 0 Å². The molecule has 2 fully saturated rings. The lowest BCUT2D eigenvalue weighted by Gasteiger charge is -2.37. The third-order valence-electron chi connectivity index (χ3n) is 4.03. The Balaban J connectivity index is 1.87. The van der Waals surface area contributed by atoms with Crippen LogP contribution < -0.4 is 0 Å². The van der Waals surface area contributed by atoms with Crippen LogP contribution in [0.15, 0.2) is 0 Å². The Morgan fingerprint density at radius 1 is 1.07 bits per heavy atom. The summed E-state index contributed by atoms with van der Waals surface area (Å²) >= 11 is 0. The summed E-state index contributed by atoms with van der Waals surface area (Å²) in [6.07, 6.45) is 6.03. The standard InChI is InChI=1S/C12H22O2/c1-9-2-4-10(5-3-9)11-8-14-7-6-12(11)13/h9-13H,2-8H2,1H3. The highest BCUT2D eigenvalue weighted by atomic mass is 16.5. The topological polar surface area (TPSA) is 29.5 Å². The summed E-state index contributed by atoms with van der Waals surface area (Å²) in [5, 5.41) is 9.91. The number of rotatable bonds is 1. The first kappa shape index (κ1) is 10.4. The molecule has 2 atom stereocenters. The van der Waals surface area contributed by atoms with E-state index < -0.39 is 0 Å². The molecule has 82 valence electrons. The zero-order valence-corrected chi connectivity index (χ0v) is 9.11. The van der Waals surface area contributed by atoms with Crippen LogP contribution in [0.3, 0.4) is 0 Å². The maximum absolute atomic E-state index is 9.91. The van der Waals surface area contributed by atoms with Crippen molar-refractivity contribution in [2.24, 2.45) is 17.8 Å². The Kier molecular flexibility index (Phi) is 3.45. The average Bonchev–Trinajstić information content (AvgIpc) is 2.20. The van der Waals surface area contributed by atoms with Crippen molar-refractivity contribution in [2.45, 2.75) is 45.1 Å². The smallest absolute Gasteiger partial charge is 0.0615 e. The van der Waals surface area contributed by atoms with Gasteiger partial charge in [-0.25, -0.2) is 0 Å². The molecule has 0 radical (unpaired) electrons. The number of aliphatic hydroxyl groups excluding tert-OH is 1. The molecule has 1 aliphatic carbocycles. The quantitative estimate of drug-likeness (QED) is 0.700. The van der Waals surface area contributed by atoms with Crippen molar-refractivity contribution < 1.29 is 9.84 Å². The maximum Gasteiger partial charge on any atom is 0.0615 e. The van der Waals surface area contributed by atoms with Crippen molar-refractivity contribution in [1.29, 1.82) is 0 Å². The third-order valence-corrected chi connectivity index (χ3v) is 4.03. The molecule has 0 spiro atoms. The van der Waals surface area contributed by atoms with E-state index in [9.17, 15) is 5.11 Å². The van der Waals surface area contributed by atoms with Crippen LogP contribution in [0.1, 0.15) is 39.0 Å². The molecule has 2 aliphatic rings. The maximum atomic E-state index is 9.91. The van der Waals surface area contributed by atoms with E-state index in [0.29, 0.717) is 5.92 Å². The van der Waals surface area contributed by atoms with Gasteiger partial charge >= 0.3 is 0 Å². The van der Waals surface area contributed by atoms with Crippen LogP contribution in [0.25, 0.3) is 0 Å². The Bertz CT molecular complexity index is 173. The predicted octanol–water partition coefficient (Wildman–Crippen LogP) is 2.21. The summed E-state index contributed by atoms with van der Waals surface area (Å²) in [4.78, 5) is 0. The third kappa shape index (κ3) is 2.29. The van der Waals surface area contributed by atoms with Crippen LogP contribution in [-0.2, 0) is 4.74 Å². The van der Waals surface area contributed by atoms with Gasteiger partial charge in [-0.1, -0.05) is 19.8 Å². The molecule has 2 nitrogen and oxygen atoms in total. The molecule has 1 heterocycles. The van der Waals surface area contributed by atoms with Gasteiger partial charge in [0.1, 0.15) is 0 Å². The Morgan fingerprint density at radius 3 is 2.43 bits per heavy atom. The van der Waals surface area contributed by atoms with Gasteiger partial charge in [0.05, 0.1) is 12.7 Å². The fourth-order valence-electron chi connectivity index (χ4n) is 2.91. The summed E-state index contributed by atoms with van der Waals surface area (Å²) in [5.41, 5.74) is 0. The molecule has 0 aromatic rings. The first-order chi connectivity index (χ1) is 6.77. The van der Waals surface area contributed by atoms with Crippen molar-refractivity contribution in [3.63, 3.8) is 0 Å². The second-order valence-corrected chi connectivity index (χ2v) is 5.11. The lowest BCUT2D eigenvalue weighted by Crippen LogP contribution is -2.38. The van der Waals surface area contributed by atoms with E-state index >= 15 is 0 Å². The largest absolute Gasteiger partial charge is 0.393 e. The molecule has 0 amide bonds. The molecule has 2 rings (SSSR count). The zero-order valence-electron chi connectivity index (χ0n) is 9.11. The van der Waals surface area contributed by atoms with Crippen molar-refractivity contribution in [2.75, 3.05) is 13.2 Å². The lowest BCUT2D eigenvalue weighted by molar-refractivity contribution is -0.0650. The van der Waals surface area contributed by atoms with E-state index in [-0.39, 0.29) is 6.10 Å². The summed E-state index contributed by atoms with van der Waals surface area (Å²) in [7, 11) is 0. The fraction of sp³-hybridized carbons (Fsp3) is 1.00. The fourth-order valence-corrected chi connectivity index (χ4v) is 2.91. The van der Waals surface area contributed by atoms with E-state index in [0.717, 1.165) is 31.5 Å². The first-order valence-electron chi connectivity index (χ1n) is 6.03. The van der Waals surface area contributed by atoms with Gasteiger partial charge < -0.3 is 9.84 Å². The zero-order chi connectivity index (χ0) is 9.97. The molecule has 14 heavy (non-hydrogen) atoms. The first-order valence-corrected chi connectivity index (χ1v) is 6.03. The molecule has 0 aromatic carbocycles. The highest BCUT2D eigenvalue weighted by molar-refractivity contribution is 4.82. The van der Waals surface area contributed by atoms with Crippen LogP contribution in [-0.4, -0.2) is 24.4 Å². The van der Waals surface area contributed by atoms with Crippen molar-refractivity contribution in [3.05, 3.63) is 0 Å². The van der Waals surface area contributed by atoms with Gasteiger partial charge in [-0.15, -0.1) is 0 Å². The molecular formula is C12H22O2. The van der Waals surface area contributed by atoms with Gasteiger partial charge in [-0.05, 0) is 31.1 Å². The van der Waals surface area contributed by atoms with Gasteiger partial charge in [0, 0.05) is 12.5 Å². The molecular weight excluding hydrogens is 176 g/mol. The molecule has 2 unspecified atom stereocenters. The van der Waals surface area contributed by atoms with Gasteiger partial charge in [-0.3, -0.25) is 0 Å². The predicted molar refractivity (Wildman–Crippen MR) is 56.1 cm³/mol. The van der Waals surface area contributed by atoms with Crippen LogP contribution in [0.5, 0.6) is 0 Å². The molecule has 1 saturated heterocycles. The number of aliphatic hydroxyl groups is 1. The monoisotopic (exact) mass is 198 g/mol. The van der Waals surface area contributed by atoms with Crippen LogP contribution in [0.4, 0.5) is 0 Å². The molecule has 0 aromatic heterocycles. The van der Waals surface area contributed by atoms with E-state index in [1.165, 1.54) is 25.7 Å². The van der Waals surface area contributed by atoms with Gasteiger partial charge in [0.2, 0.25) is 0 Å². The molecule has 1 saturated carbocycles. The van der Waals surface area contributed by atoms with Crippen LogP contribution in [0, 0.1) is 17.8 Å². The van der Waals surface area contributed by atoms with Crippen molar-refractivity contribution >= 4 is 0 Å². The van der Waals surface area contributed by atoms with Crippen molar-refractivity contribution in [3.8, 4) is 0 Å². The Morgan fingerprint density at radius 2 is 1.79 bits per heavy atom. The van der Waals surface area contributed by atoms with E-state index in [1.807, 2.05) is 0 Å². The summed E-state index contributed by atoms with van der Waals surface area (Å²) in [5.74, 6) is 2.05. The molecule has 1 aliphatic heterocycles. The summed E-state index contributed by atoms with van der Waals surface area (Å²) < 4.78 is 5.47. The second kappa shape index (κ2) is 4.63. The van der Waals surface area contributed by atoms with E-state index in [1.54, 1.807) is 0 Å². The highest BCUT2D eigenvalue weighted by Gasteiger charge is 2.32. The summed E-state index contributed by atoms with van der Waals surface area (Å²) in [6, 6.07) is 0. The van der Waals surface area contributed by atoms with Crippen LogP contribution in [0.2, 0.25) is 0 Å². The minimum atomic E-state index is -0.0952. The van der Waals surface area contributed by atoms with E-state index in [4.69, 9.17) is 4.74 Å². The van der Waals surface area contributed by atoms with Crippen LogP contribution >= 0.6 is 0 Å². The Labute approximate surface area is 86.6 Å². The van der Waals surface area contributed by atoms with Gasteiger partial charge in [0.25, 0.3) is 0 Å². The minimum absolute atomic E-state index is 0.0952. The van der Waals surface area contributed by atoms with E-state index in [2.05, 4.69) is 6.92 Å². The summed E-state index contributed by atoms with van der Waals surface area (Å²) in [6.45, 7) is 3.88. The average molecular weight is 198 g/mol. The molecule has 0 bridgehead atoms. The second-order valence-electron chi connectivity index (χ2n) is 5.11. The molecule has 2 heteroatoms. The number of hydrogen-bond donors (Lipinski definition) is 1. The normalized spacial score (nSPS) is 45.0. The molecule has 1 N–H and O–H groups in total. The van der Waals surface area contributed by atoms with Gasteiger partial charge in [0.15, 0.2) is 0 Å². The number of hydrogen-bond acceptors (Lipinski definition) is 2.